The van der Waals surface area contributed by atoms with E-state index in [0.29, 0.717) is 6.54 Å². The predicted molar refractivity (Wildman–Crippen MR) is 61.8 cm³/mol. The second kappa shape index (κ2) is 5.31. The number of para-hydroxylation sites is 1. The Morgan fingerprint density at radius 1 is 1.41 bits per heavy atom. The quantitative estimate of drug-likeness (QED) is 0.696. The van der Waals surface area contributed by atoms with Crippen LogP contribution < -0.4 is 11.1 Å². The molecule has 90 valence electrons. The van der Waals surface area contributed by atoms with Crippen LogP contribution in [0, 0.1) is 0 Å². The maximum Gasteiger partial charge on any atom is 0.434 e. The highest BCUT2D eigenvalue weighted by Gasteiger charge is 2.09. The summed E-state index contributed by atoms with van der Waals surface area (Å²) in [4.78, 5) is 10.7. The van der Waals surface area contributed by atoms with Gasteiger partial charge in [0.15, 0.2) is 0 Å². The SMILES string of the molecule is O=c1[nH]nc(CC(O)CNc2ccccc2)o1. The maximum absolute atomic E-state index is 10.7. The molecule has 1 heterocycles. The number of aromatic nitrogens is 2. The molecule has 0 fully saturated rings. The fourth-order valence-corrected chi connectivity index (χ4v) is 1.41. The van der Waals surface area contributed by atoms with E-state index in [0.717, 1.165) is 5.69 Å². The van der Waals surface area contributed by atoms with E-state index in [1.165, 1.54) is 0 Å². The number of aliphatic hydroxyl groups excluding tert-OH is 1. The number of hydrogen-bond acceptors (Lipinski definition) is 5. The van der Waals surface area contributed by atoms with Crippen LogP contribution in [0.5, 0.6) is 0 Å². The van der Waals surface area contributed by atoms with Gasteiger partial charge in [-0.2, -0.15) is 0 Å². The van der Waals surface area contributed by atoms with Crippen LogP contribution >= 0.6 is 0 Å². The van der Waals surface area contributed by atoms with Crippen molar-refractivity contribution in [3.05, 3.63) is 46.8 Å². The van der Waals surface area contributed by atoms with Gasteiger partial charge in [-0.25, -0.2) is 9.89 Å². The number of anilines is 1. The zero-order valence-electron chi connectivity index (χ0n) is 9.09. The molecule has 6 nitrogen and oxygen atoms in total. The van der Waals surface area contributed by atoms with E-state index in [1.54, 1.807) is 0 Å². The van der Waals surface area contributed by atoms with E-state index in [2.05, 4.69) is 15.5 Å². The number of benzene rings is 1. The van der Waals surface area contributed by atoms with Crippen LogP contribution in [0.2, 0.25) is 0 Å². The van der Waals surface area contributed by atoms with Crippen LogP contribution in [0.3, 0.4) is 0 Å². The Hall–Kier alpha value is -2.08. The molecular weight excluding hydrogens is 222 g/mol. The summed E-state index contributed by atoms with van der Waals surface area (Å²) in [5, 5.41) is 18.5. The highest BCUT2D eigenvalue weighted by atomic mass is 16.4. The van der Waals surface area contributed by atoms with Crippen molar-refractivity contribution in [1.82, 2.24) is 10.2 Å². The number of nitrogens with one attached hydrogen (secondary N) is 2. The zero-order valence-corrected chi connectivity index (χ0v) is 9.09. The molecule has 0 amide bonds. The van der Waals surface area contributed by atoms with Gasteiger partial charge in [-0.15, -0.1) is 5.10 Å². The van der Waals surface area contributed by atoms with Crippen LogP contribution in [-0.4, -0.2) is 28.0 Å². The summed E-state index contributed by atoms with van der Waals surface area (Å²) in [6.45, 7) is 0.362. The molecule has 0 aliphatic carbocycles. The Kier molecular flexibility index (Phi) is 3.56. The molecule has 0 saturated carbocycles. The molecule has 17 heavy (non-hydrogen) atoms. The minimum atomic E-state index is -0.665. The highest BCUT2D eigenvalue weighted by Crippen LogP contribution is 2.05. The van der Waals surface area contributed by atoms with Gasteiger partial charge in [-0.05, 0) is 12.1 Å². The largest absolute Gasteiger partial charge is 0.434 e. The van der Waals surface area contributed by atoms with Crippen LogP contribution in [0.25, 0.3) is 0 Å². The topological polar surface area (TPSA) is 91.2 Å². The molecule has 0 spiro atoms. The number of aromatic amines is 1. The molecule has 1 unspecified atom stereocenters. The molecule has 1 aromatic heterocycles. The Balaban J connectivity index is 1.82. The van der Waals surface area contributed by atoms with Crippen molar-refractivity contribution < 1.29 is 9.52 Å². The summed E-state index contributed by atoms with van der Waals surface area (Å²) in [7, 11) is 0. The van der Waals surface area contributed by atoms with E-state index >= 15 is 0 Å². The molecule has 0 aliphatic heterocycles. The first-order valence-electron chi connectivity index (χ1n) is 5.25. The van der Waals surface area contributed by atoms with Gasteiger partial charge in [-0.3, -0.25) is 0 Å². The molecule has 6 heteroatoms. The number of nitrogens with zero attached hydrogens (tertiary/aromatic N) is 1. The summed E-state index contributed by atoms with van der Waals surface area (Å²) in [5.41, 5.74) is 0.926. The smallest absolute Gasteiger partial charge is 0.392 e. The van der Waals surface area contributed by atoms with E-state index in [9.17, 15) is 9.90 Å². The molecule has 0 aliphatic rings. The van der Waals surface area contributed by atoms with Crippen molar-refractivity contribution in [2.24, 2.45) is 0 Å². The molecule has 2 rings (SSSR count). The lowest BCUT2D eigenvalue weighted by Crippen LogP contribution is -2.22. The van der Waals surface area contributed by atoms with Gasteiger partial charge in [0.25, 0.3) is 0 Å². The molecular formula is C11H13N3O3. The minimum Gasteiger partial charge on any atom is -0.392 e. The van der Waals surface area contributed by atoms with Gasteiger partial charge in [-0.1, -0.05) is 18.2 Å². The average Bonchev–Trinajstić information content (AvgIpc) is 2.73. The third kappa shape index (κ3) is 3.46. The van der Waals surface area contributed by atoms with Gasteiger partial charge in [0.05, 0.1) is 12.5 Å². The van der Waals surface area contributed by atoms with Gasteiger partial charge in [0.1, 0.15) is 0 Å². The first-order chi connectivity index (χ1) is 8.24. The first-order valence-corrected chi connectivity index (χ1v) is 5.25. The molecule has 1 atom stereocenters. The number of rotatable bonds is 5. The monoisotopic (exact) mass is 235 g/mol. The van der Waals surface area contributed by atoms with Gasteiger partial charge in [0.2, 0.25) is 5.89 Å². The van der Waals surface area contributed by atoms with Crippen LogP contribution in [0.15, 0.2) is 39.5 Å². The number of H-pyrrole nitrogens is 1. The van der Waals surface area contributed by atoms with Crippen molar-refractivity contribution >= 4 is 5.69 Å². The average molecular weight is 235 g/mol. The lowest BCUT2D eigenvalue weighted by atomic mass is 10.2. The van der Waals surface area contributed by atoms with Crippen molar-refractivity contribution in [3.8, 4) is 0 Å². The summed E-state index contributed by atoms with van der Waals surface area (Å²) in [6, 6.07) is 9.53. The third-order valence-electron chi connectivity index (χ3n) is 2.21. The van der Waals surface area contributed by atoms with Crippen molar-refractivity contribution in [2.45, 2.75) is 12.5 Å². The second-order valence-corrected chi connectivity index (χ2v) is 3.61. The van der Waals surface area contributed by atoms with Crippen LogP contribution in [-0.2, 0) is 6.42 Å². The minimum absolute atomic E-state index is 0.193. The Labute approximate surface area is 97.3 Å². The molecule has 0 bridgehead atoms. The van der Waals surface area contributed by atoms with Crippen molar-refractivity contribution in [1.29, 1.82) is 0 Å². The number of aliphatic hydroxyl groups is 1. The van der Waals surface area contributed by atoms with Crippen LogP contribution in [0.1, 0.15) is 5.89 Å². The molecule has 2 aromatic rings. The van der Waals surface area contributed by atoms with Crippen LogP contribution in [0.4, 0.5) is 5.69 Å². The standard InChI is InChI=1S/C11H13N3O3/c15-9(6-10-13-14-11(16)17-10)7-12-8-4-2-1-3-5-8/h1-5,9,12,15H,6-7H2,(H,14,16). The second-order valence-electron chi connectivity index (χ2n) is 3.61. The Morgan fingerprint density at radius 3 is 2.82 bits per heavy atom. The van der Waals surface area contributed by atoms with E-state index < -0.39 is 11.9 Å². The molecule has 0 radical (unpaired) electrons. The fourth-order valence-electron chi connectivity index (χ4n) is 1.41. The van der Waals surface area contributed by atoms with Gasteiger partial charge >= 0.3 is 5.76 Å². The first kappa shape index (κ1) is 11.4. The van der Waals surface area contributed by atoms with E-state index in [-0.39, 0.29) is 12.3 Å². The highest BCUT2D eigenvalue weighted by molar-refractivity contribution is 5.42. The Morgan fingerprint density at radius 2 is 2.18 bits per heavy atom. The van der Waals surface area contributed by atoms with Gasteiger partial charge < -0.3 is 14.8 Å². The Bertz CT molecular complexity index is 506. The lowest BCUT2D eigenvalue weighted by Gasteiger charge is -2.10. The number of hydrogen-bond donors (Lipinski definition) is 3. The summed E-state index contributed by atoms with van der Waals surface area (Å²) >= 11 is 0. The van der Waals surface area contributed by atoms with Gasteiger partial charge in [0, 0.05) is 12.2 Å². The molecule has 1 aromatic carbocycles. The lowest BCUT2D eigenvalue weighted by molar-refractivity contribution is 0.177. The van der Waals surface area contributed by atoms with E-state index in [1.807, 2.05) is 30.3 Å². The third-order valence-corrected chi connectivity index (χ3v) is 2.21. The molecule has 3 N–H and O–H groups in total. The van der Waals surface area contributed by atoms with Crippen molar-refractivity contribution in [3.63, 3.8) is 0 Å². The summed E-state index contributed by atoms with van der Waals surface area (Å²) in [5.74, 6) is -0.402. The fraction of sp³-hybridized carbons (Fsp3) is 0.273. The maximum atomic E-state index is 10.7. The summed E-state index contributed by atoms with van der Waals surface area (Å²) < 4.78 is 4.70. The normalized spacial score (nSPS) is 12.3. The zero-order chi connectivity index (χ0) is 12.1. The predicted octanol–water partition coefficient (Wildman–Crippen LogP) is 0.378. The molecule has 0 saturated heterocycles. The van der Waals surface area contributed by atoms with Crippen molar-refractivity contribution in [2.75, 3.05) is 11.9 Å². The van der Waals surface area contributed by atoms with E-state index in [4.69, 9.17) is 4.42 Å². The summed E-state index contributed by atoms with van der Waals surface area (Å²) in [6.07, 6.45) is -0.472.